The van der Waals surface area contributed by atoms with E-state index in [9.17, 15) is 9.90 Å². The van der Waals surface area contributed by atoms with Gasteiger partial charge in [-0.05, 0) is 31.0 Å². The van der Waals surface area contributed by atoms with Gasteiger partial charge in [0.25, 0.3) is 5.91 Å². The topological polar surface area (TPSA) is 49.3 Å². The summed E-state index contributed by atoms with van der Waals surface area (Å²) in [7, 11) is 0. The van der Waals surface area contributed by atoms with Gasteiger partial charge in [-0.2, -0.15) is 0 Å². The summed E-state index contributed by atoms with van der Waals surface area (Å²) >= 11 is 3.43. The molecule has 2 rings (SSSR count). The van der Waals surface area contributed by atoms with Crippen LogP contribution in [0.1, 0.15) is 21.5 Å². The quantitative estimate of drug-likeness (QED) is 0.814. The van der Waals surface area contributed by atoms with Crippen molar-refractivity contribution in [3.05, 3.63) is 65.2 Å². The van der Waals surface area contributed by atoms with Crippen molar-refractivity contribution in [2.75, 3.05) is 5.33 Å². The molecule has 2 aromatic carbocycles. The SMILES string of the molecule is Cc1ccc(O)c(C(=O)NC(CBr)Cc2ccccc2)c1. The lowest BCUT2D eigenvalue weighted by Crippen LogP contribution is -2.37. The summed E-state index contributed by atoms with van der Waals surface area (Å²) in [6.07, 6.45) is 0.740. The van der Waals surface area contributed by atoms with Gasteiger partial charge in [-0.3, -0.25) is 4.79 Å². The number of benzene rings is 2. The van der Waals surface area contributed by atoms with Gasteiger partial charge in [0.15, 0.2) is 0 Å². The summed E-state index contributed by atoms with van der Waals surface area (Å²) in [5.41, 5.74) is 2.42. The van der Waals surface area contributed by atoms with Gasteiger partial charge in [0, 0.05) is 11.4 Å². The molecule has 2 aromatic rings. The maximum Gasteiger partial charge on any atom is 0.255 e. The summed E-state index contributed by atoms with van der Waals surface area (Å²) < 4.78 is 0. The number of nitrogens with one attached hydrogen (secondary N) is 1. The third-order valence-electron chi connectivity index (χ3n) is 3.24. The lowest BCUT2D eigenvalue weighted by molar-refractivity contribution is 0.0938. The Bertz CT molecular complexity index is 613. The van der Waals surface area contributed by atoms with E-state index < -0.39 is 0 Å². The molecule has 0 spiro atoms. The molecule has 2 N–H and O–H groups in total. The van der Waals surface area contributed by atoms with Crippen molar-refractivity contribution in [1.82, 2.24) is 5.32 Å². The summed E-state index contributed by atoms with van der Waals surface area (Å²) in [5.74, 6) is -0.247. The molecule has 0 saturated carbocycles. The highest BCUT2D eigenvalue weighted by Crippen LogP contribution is 2.18. The van der Waals surface area contributed by atoms with Crippen LogP contribution in [-0.2, 0) is 6.42 Å². The van der Waals surface area contributed by atoms with E-state index >= 15 is 0 Å². The smallest absolute Gasteiger partial charge is 0.255 e. The Kier molecular flexibility index (Phi) is 5.39. The molecule has 0 aliphatic carbocycles. The number of hydrogen-bond acceptors (Lipinski definition) is 2. The molecule has 0 bridgehead atoms. The van der Waals surface area contributed by atoms with Crippen LogP contribution in [0.2, 0.25) is 0 Å². The molecule has 0 aliphatic rings. The van der Waals surface area contributed by atoms with Crippen molar-refractivity contribution >= 4 is 21.8 Å². The molecule has 1 atom stereocenters. The van der Waals surface area contributed by atoms with Crippen molar-refractivity contribution < 1.29 is 9.90 Å². The van der Waals surface area contributed by atoms with E-state index in [1.54, 1.807) is 18.2 Å². The van der Waals surface area contributed by atoms with Gasteiger partial charge in [0.2, 0.25) is 0 Å². The van der Waals surface area contributed by atoms with Gasteiger partial charge in [-0.15, -0.1) is 0 Å². The number of amides is 1. The Labute approximate surface area is 133 Å². The minimum Gasteiger partial charge on any atom is -0.507 e. The average molecular weight is 348 g/mol. The highest BCUT2D eigenvalue weighted by molar-refractivity contribution is 9.09. The fourth-order valence-corrected chi connectivity index (χ4v) is 2.53. The van der Waals surface area contributed by atoms with Crippen LogP contribution >= 0.6 is 15.9 Å². The summed E-state index contributed by atoms with van der Waals surface area (Å²) in [4.78, 5) is 12.3. The second-order valence-electron chi connectivity index (χ2n) is 5.04. The minimum absolute atomic E-state index is 0.00568. The lowest BCUT2D eigenvalue weighted by Gasteiger charge is -2.17. The zero-order valence-electron chi connectivity index (χ0n) is 11.8. The first kappa shape index (κ1) is 15.6. The van der Waals surface area contributed by atoms with Gasteiger partial charge in [0.1, 0.15) is 5.75 Å². The van der Waals surface area contributed by atoms with Crippen molar-refractivity contribution in [3.63, 3.8) is 0 Å². The Morgan fingerprint density at radius 2 is 1.95 bits per heavy atom. The van der Waals surface area contributed by atoms with Crippen molar-refractivity contribution in [3.8, 4) is 5.75 Å². The highest BCUT2D eigenvalue weighted by atomic mass is 79.9. The lowest BCUT2D eigenvalue weighted by atomic mass is 10.1. The van der Waals surface area contributed by atoms with Gasteiger partial charge in [-0.1, -0.05) is 57.9 Å². The number of carbonyl (C=O) groups is 1. The molecule has 1 amide bonds. The van der Waals surface area contributed by atoms with E-state index in [-0.39, 0.29) is 17.7 Å². The van der Waals surface area contributed by atoms with E-state index in [0.717, 1.165) is 17.5 Å². The average Bonchev–Trinajstić information content (AvgIpc) is 2.50. The number of aryl methyl sites for hydroxylation is 1. The molecule has 110 valence electrons. The third-order valence-corrected chi connectivity index (χ3v) is 4.02. The van der Waals surface area contributed by atoms with E-state index in [4.69, 9.17) is 0 Å². The number of phenolic OH excluding ortho intramolecular Hbond substituents is 1. The predicted octanol–water partition coefficient (Wildman–Crippen LogP) is 3.44. The van der Waals surface area contributed by atoms with Crippen LogP contribution in [0.25, 0.3) is 0 Å². The van der Waals surface area contributed by atoms with Crippen LogP contribution in [0.15, 0.2) is 48.5 Å². The fourth-order valence-electron chi connectivity index (χ4n) is 2.14. The van der Waals surface area contributed by atoms with E-state index in [1.165, 1.54) is 0 Å². The second kappa shape index (κ2) is 7.27. The molecule has 0 heterocycles. The molecular weight excluding hydrogens is 330 g/mol. The molecule has 0 radical (unpaired) electrons. The number of phenols is 1. The Morgan fingerprint density at radius 1 is 1.24 bits per heavy atom. The zero-order chi connectivity index (χ0) is 15.2. The molecule has 0 aromatic heterocycles. The van der Waals surface area contributed by atoms with Crippen LogP contribution in [0.3, 0.4) is 0 Å². The Balaban J connectivity index is 2.07. The summed E-state index contributed by atoms with van der Waals surface area (Å²) in [6.45, 7) is 1.89. The second-order valence-corrected chi connectivity index (χ2v) is 5.68. The number of aromatic hydroxyl groups is 1. The zero-order valence-corrected chi connectivity index (χ0v) is 13.4. The van der Waals surface area contributed by atoms with Crippen LogP contribution in [0.5, 0.6) is 5.75 Å². The number of alkyl halides is 1. The van der Waals surface area contributed by atoms with Gasteiger partial charge in [-0.25, -0.2) is 0 Å². The molecule has 0 aliphatic heterocycles. The van der Waals surface area contributed by atoms with Crippen molar-refractivity contribution in [2.45, 2.75) is 19.4 Å². The first-order valence-corrected chi connectivity index (χ1v) is 7.92. The molecule has 0 saturated heterocycles. The summed E-state index contributed by atoms with van der Waals surface area (Å²) in [6, 6.07) is 15.0. The van der Waals surface area contributed by atoms with Crippen LogP contribution in [0.4, 0.5) is 0 Å². The van der Waals surface area contributed by atoms with E-state index in [0.29, 0.717) is 10.9 Å². The van der Waals surface area contributed by atoms with Gasteiger partial charge in [0.05, 0.1) is 5.56 Å². The van der Waals surface area contributed by atoms with E-state index in [1.807, 2.05) is 37.3 Å². The largest absolute Gasteiger partial charge is 0.507 e. The normalized spacial score (nSPS) is 11.9. The Hall–Kier alpha value is -1.81. The first-order chi connectivity index (χ1) is 10.1. The standard InChI is InChI=1S/C17H18BrNO2/c1-12-7-8-16(20)15(9-12)17(21)19-14(11-18)10-13-5-3-2-4-6-13/h2-9,14,20H,10-11H2,1H3,(H,19,21). The monoisotopic (exact) mass is 347 g/mol. The van der Waals surface area contributed by atoms with Crippen molar-refractivity contribution in [1.29, 1.82) is 0 Å². The van der Waals surface area contributed by atoms with Crippen LogP contribution < -0.4 is 5.32 Å². The van der Waals surface area contributed by atoms with Crippen LogP contribution in [0, 0.1) is 6.92 Å². The minimum atomic E-state index is -0.253. The maximum atomic E-state index is 12.3. The van der Waals surface area contributed by atoms with Crippen molar-refractivity contribution in [2.24, 2.45) is 0 Å². The third kappa shape index (κ3) is 4.33. The van der Waals surface area contributed by atoms with Crippen LogP contribution in [-0.4, -0.2) is 22.4 Å². The number of rotatable bonds is 5. The number of carbonyl (C=O) groups excluding carboxylic acids is 1. The molecule has 3 nitrogen and oxygen atoms in total. The predicted molar refractivity (Wildman–Crippen MR) is 88.0 cm³/mol. The van der Waals surface area contributed by atoms with Gasteiger partial charge >= 0.3 is 0 Å². The number of halogens is 1. The highest BCUT2D eigenvalue weighted by Gasteiger charge is 2.16. The first-order valence-electron chi connectivity index (χ1n) is 6.80. The van der Waals surface area contributed by atoms with Gasteiger partial charge < -0.3 is 10.4 Å². The summed E-state index contributed by atoms with van der Waals surface area (Å²) in [5, 5.41) is 13.4. The molecule has 4 heteroatoms. The maximum absolute atomic E-state index is 12.3. The number of hydrogen-bond donors (Lipinski definition) is 2. The molecule has 21 heavy (non-hydrogen) atoms. The molecular formula is C17H18BrNO2. The van der Waals surface area contributed by atoms with E-state index in [2.05, 4.69) is 21.2 Å². The molecule has 1 unspecified atom stereocenters. The fraction of sp³-hybridized carbons (Fsp3) is 0.235. The Morgan fingerprint density at radius 3 is 2.62 bits per heavy atom. The molecule has 0 fully saturated rings.